The highest BCUT2D eigenvalue weighted by molar-refractivity contribution is 5.79. The van der Waals surface area contributed by atoms with Crippen molar-refractivity contribution >= 4 is 5.97 Å². The van der Waals surface area contributed by atoms with Crippen LogP contribution >= 0.6 is 0 Å². The summed E-state index contributed by atoms with van der Waals surface area (Å²) in [6.45, 7) is 4.32. The normalized spacial score (nSPS) is 23.3. The maximum atomic E-state index is 11.7. The number of carboxylic acid groups (broad SMARTS) is 1. The van der Waals surface area contributed by atoms with Gasteiger partial charge in [-0.25, -0.2) is 9.67 Å². The molecule has 7 heteroatoms. The van der Waals surface area contributed by atoms with Gasteiger partial charge in [0.25, 0.3) is 0 Å². The number of hydrogen-bond acceptors (Lipinski definition) is 5. The van der Waals surface area contributed by atoms with E-state index < -0.39 is 11.5 Å². The van der Waals surface area contributed by atoms with Gasteiger partial charge in [-0.2, -0.15) is 5.10 Å². The van der Waals surface area contributed by atoms with Crippen molar-refractivity contribution in [1.82, 2.24) is 19.7 Å². The Labute approximate surface area is 118 Å². The van der Waals surface area contributed by atoms with E-state index in [1.807, 2.05) is 9.58 Å². The number of methoxy groups -OCH3 is 1. The quantitative estimate of drug-likeness (QED) is 0.795. The first kappa shape index (κ1) is 14.9. The van der Waals surface area contributed by atoms with E-state index in [-0.39, 0.29) is 6.61 Å². The molecule has 0 saturated carbocycles. The molecule has 0 radical (unpaired) electrons. The summed E-state index contributed by atoms with van der Waals surface area (Å²) in [7, 11) is 1.54. The number of aromatic nitrogens is 3. The van der Waals surface area contributed by atoms with Gasteiger partial charge < -0.3 is 9.84 Å². The van der Waals surface area contributed by atoms with Crippen molar-refractivity contribution in [3.8, 4) is 0 Å². The van der Waals surface area contributed by atoms with Gasteiger partial charge >= 0.3 is 5.97 Å². The zero-order valence-corrected chi connectivity index (χ0v) is 12.1. The van der Waals surface area contributed by atoms with Crippen LogP contribution < -0.4 is 0 Å². The molecule has 1 fully saturated rings. The molecule has 1 aromatic rings. The van der Waals surface area contributed by atoms with Crippen LogP contribution in [0.2, 0.25) is 0 Å². The SMILES string of the molecule is CCCn1ncnc1CN1CCCC1(COC)C(=O)O. The summed E-state index contributed by atoms with van der Waals surface area (Å²) >= 11 is 0. The summed E-state index contributed by atoms with van der Waals surface area (Å²) in [5.41, 5.74) is -0.933. The Morgan fingerprint density at radius 2 is 2.40 bits per heavy atom. The molecule has 1 aliphatic rings. The number of hydrogen-bond donors (Lipinski definition) is 1. The van der Waals surface area contributed by atoms with Gasteiger partial charge in [0.05, 0.1) is 13.2 Å². The van der Waals surface area contributed by atoms with Gasteiger partial charge in [0.2, 0.25) is 0 Å². The molecule has 20 heavy (non-hydrogen) atoms. The van der Waals surface area contributed by atoms with E-state index >= 15 is 0 Å². The molecule has 0 aliphatic carbocycles. The molecule has 1 unspecified atom stereocenters. The molecule has 0 amide bonds. The van der Waals surface area contributed by atoms with Gasteiger partial charge in [0.15, 0.2) is 0 Å². The van der Waals surface area contributed by atoms with E-state index in [1.165, 1.54) is 6.33 Å². The minimum absolute atomic E-state index is 0.199. The largest absolute Gasteiger partial charge is 0.480 e. The standard InChI is InChI=1S/C13H22N4O3/c1-3-6-17-11(14-10-15-17)8-16-7-4-5-13(16,9-20-2)12(18)19/h10H,3-9H2,1-2H3,(H,18,19). The molecule has 1 aliphatic heterocycles. The number of nitrogens with zero attached hydrogens (tertiary/aromatic N) is 4. The monoisotopic (exact) mass is 282 g/mol. The summed E-state index contributed by atoms with van der Waals surface area (Å²) in [4.78, 5) is 17.9. The van der Waals surface area contributed by atoms with Gasteiger partial charge in [0.1, 0.15) is 17.7 Å². The second kappa shape index (κ2) is 6.32. The van der Waals surface area contributed by atoms with E-state index in [2.05, 4.69) is 17.0 Å². The predicted octanol–water partition coefficient (Wildman–Crippen LogP) is 0.754. The molecule has 1 saturated heterocycles. The van der Waals surface area contributed by atoms with Crippen LogP contribution in [-0.4, -0.2) is 56.5 Å². The molecule has 0 spiro atoms. The maximum Gasteiger partial charge on any atom is 0.326 e. The van der Waals surface area contributed by atoms with Crippen LogP contribution in [0.4, 0.5) is 0 Å². The predicted molar refractivity (Wildman–Crippen MR) is 72.2 cm³/mol. The summed E-state index contributed by atoms with van der Waals surface area (Å²) < 4.78 is 7.00. The molecule has 0 bridgehead atoms. The number of likely N-dealkylation sites (tertiary alicyclic amines) is 1. The Morgan fingerprint density at radius 1 is 1.60 bits per heavy atom. The zero-order chi connectivity index (χ0) is 14.6. The molecular weight excluding hydrogens is 260 g/mol. The smallest absolute Gasteiger partial charge is 0.326 e. The first-order valence-corrected chi connectivity index (χ1v) is 6.98. The Morgan fingerprint density at radius 3 is 3.05 bits per heavy atom. The maximum absolute atomic E-state index is 11.7. The second-order valence-corrected chi connectivity index (χ2v) is 5.19. The third-order valence-electron chi connectivity index (χ3n) is 3.87. The van der Waals surface area contributed by atoms with Crippen LogP contribution in [0.15, 0.2) is 6.33 Å². The number of aryl methyl sites for hydroxylation is 1. The van der Waals surface area contributed by atoms with Crippen molar-refractivity contribution in [3.63, 3.8) is 0 Å². The minimum Gasteiger partial charge on any atom is -0.480 e. The lowest BCUT2D eigenvalue weighted by molar-refractivity contribution is -0.153. The lowest BCUT2D eigenvalue weighted by Gasteiger charge is -2.33. The minimum atomic E-state index is -0.933. The van der Waals surface area contributed by atoms with Crippen LogP contribution in [0.25, 0.3) is 0 Å². The number of carbonyl (C=O) groups is 1. The lowest BCUT2D eigenvalue weighted by Crippen LogP contribution is -2.53. The Balaban J connectivity index is 2.18. The Bertz CT molecular complexity index is 462. The van der Waals surface area contributed by atoms with Gasteiger partial charge in [0, 0.05) is 13.7 Å². The third kappa shape index (κ3) is 2.69. The van der Waals surface area contributed by atoms with Crippen molar-refractivity contribution in [1.29, 1.82) is 0 Å². The summed E-state index contributed by atoms with van der Waals surface area (Å²) in [6.07, 6.45) is 3.97. The summed E-state index contributed by atoms with van der Waals surface area (Å²) in [5.74, 6) is -0.00566. The molecule has 112 valence electrons. The topological polar surface area (TPSA) is 80.5 Å². The van der Waals surface area contributed by atoms with Gasteiger partial charge in [-0.15, -0.1) is 0 Å². The van der Waals surface area contributed by atoms with E-state index in [9.17, 15) is 9.90 Å². The van der Waals surface area contributed by atoms with E-state index in [0.717, 1.165) is 31.8 Å². The summed E-state index contributed by atoms with van der Waals surface area (Å²) in [6, 6.07) is 0. The molecule has 2 heterocycles. The van der Waals surface area contributed by atoms with Crippen molar-refractivity contribution in [2.24, 2.45) is 0 Å². The summed E-state index contributed by atoms with van der Waals surface area (Å²) in [5, 5.41) is 13.8. The van der Waals surface area contributed by atoms with Gasteiger partial charge in [-0.3, -0.25) is 9.69 Å². The first-order valence-electron chi connectivity index (χ1n) is 6.98. The van der Waals surface area contributed by atoms with Gasteiger partial charge in [-0.1, -0.05) is 6.92 Å². The van der Waals surface area contributed by atoms with Crippen molar-refractivity contribution in [3.05, 3.63) is 12.2 Å². The molecule has 0 aromatic carbocycles. The molecule has 7 nitrogen and oxygen atoms in total. The lowest BCUT2D eigenvalue weighted by atomic mass is 9.97. The second-order valence-electron chi connectivity index (χ2n) is 5.19. The van der Waals surface area contributed by atoms with E-state index in [0.29, 0.717) is 13.0 Å². The molecule has 1 atom stereocenters. The van der Waals surface area contributed by atoms with E-state index in [1.54, 1.807) is 7.11 Å². The van der Waals surface area contributed by atoms with Crippen LogP contribution in [-0.2, 0) is 22.6 Å². The highest BCUT2D eigenvalue weighted by atomic mass is 16.5. The first-order chi connectivity index (χ1) is 9.64. The van der Waals surface area contributed by atoms with Crippen molar-refractivity contribution in [2.45, 2.75) is 44.8 Å². The van der Waals surface area contributed by atoms with Crippen molar-refractivity contribution in [2.75, 3.05) is 20.3 Å². The number of aliphatic carboxylic acids is 1. The van der Waals surface area contributed by atoms with Crippen LogP contribution in [0.5, 0.6) is 0 Å². The fraction of sp³-hybridized carbons (Fsp3) is 0.769. The van der Waals surface area contributed by atoms with Crippen LogP contribution in [0, 0.1) is 0 Å². The average molecular weight is 282 g/mol. The highest BCUT2D eigenvalue weighted by Gasteiger charge is 2.48. The Kier molecular flexibility index (Phi) is 4.72. The average Bonchev–Trinajstić information content (AvgIpc) is 3.00. The van der Waals surface area contributed by atoms with Crippen LogP contribution in [0.3, 0.4) is 0 Å². The molecule has 1 N–H and O–H groups in total. The fourth-order valence-corrected chi connectivity index (χ4v) is 2.85. The number of ether oxygens (including phenoxy) is 1. The van der Waals surface area contributed by atoms with Crippen LogP contribution in [0.1, 0.15) is 32.0 Å². The van der Waals surface area contributed by atoms with E-state index in [4.69, 9.17) is 4.74 Å². The Hall–Kier alpha value is -1.47. The number of rotatable bonds is 7. The molecule has 1 aromatic heterocycles. The molecule has 2 rings (SSSR count). The number of carboxylic acids is 1. The highest BCUT2D eigenvalue weighted by Crippen LogP contribution is 2.31. The fourth-order valence-electron chi connectivity index (χ4n) is 2.85. The van der Waals surface area contributed by atoms with Gasteiger partial charge in [-0.05, 0) is 25.8 Å². The third-order valence-corrected chi connectivity index (χ3v) is 3.87. The zero-order valence-electron chi connectivity index (χ0n) is 12.1. The van der Waals surface area contributed by atoms with Crippen molar-refractivity contribution < 1.29 is 14.6 Å². The molecular formula is C13H22N4O3.